The van der Waals surface area contributed by atoms with Gasteiger partial charge in [0.1, 0.15) is 5.82 Å². The van der Waals surface area contributed by atoms with Crippen molar-refractivity contribution in [3.05, 3.63) is 47.9 Å². The van der Waals surface area contributed by atoms with Gasteiger partial charge in [0.05, 0.1) is 12.7 Å². The molecule has 1 aromatic carbocycles. The topological polar surface area (TPSA) is 59.4 Å². The summed E-state index contributed by atoms with van der Waals surface area (Å²) in [6.07, 6.45) is 1.43. The molecule has 2 aromatic rings. The number of aromatic carboxylic acids is 1. The molecule has 0 unspecified atom stereocenters. The summed E-state index contributed by atoms with van der Waals surface area (Å²) in [6.45, 7) is 0. The van der Waals surface area contributed by atoms with Crippen LogP contribution in [0.15, 0.2) is 36.5 Å². The zero-order chi connectivity index (χ0) is 13.1. The molecule has 18 heavy (non-hydrogen) atoms. The van der Waals surface area contributed by atoms with E-state index >= 15 is 0 Å². The lowest BCUT2D eigenvalue weighted by Crippen LogP contribution is -2.01. The molecule has 0 aliphatic heterocycles. The molecule has 0 saturated heterocycles. The molecular weight excluding hydrogens is 237 g/mol. The summed E-state index contributed by atoms with van der Waals surface area (Å²) in [6, 6.07) is 7.42. The number of pyridine rings is 1. The molecule has 92 valence electrons. The van der Waals surface area contributed by atoms with Gasteiger partial charge in [-0.2, -0.15) is 0 Å². The maximum atomic E-state index is 14.0. The minimum Gasteiger partial charge on any atom is -0.481 e. The minimum atomic E-state index is -1.30. The predicted molar refractivity (Wildman–Crippen MR) is 63.1 cm³/mol. The van der Waals surface area contributed by atoms with E-state index in [2.05, 4.69) is 4.98 Å². The second kappa shape index (κ2) is 4.83. The third kappa shape index (κ3) is 2.15. The van der Waals surface area contributed by atoms with Gasteiger partial charge >= 0.3 is 5.97 Å². The fourth-order valence-electron chi connectivity index (χ4n) is 1.58. The van der Waals surface area contributed by atoms with Gasteiger partial charge in [-0.15, -0.1) is 0 Å². The first-order chi connectivity index (χ1) is 8.63. The van der Waals surface area contributed by atoms with E-state index in [9.17, 15) is 9.18 Å². The number of carboxylic acids is 1. The molecule has 0 bridgehead atoms. The summed E-state index contributed by atoms with van der Waals surface area (Å²) in [4.78, 5) is 14.8. The van der Waals surface area contributed by atoms with Gasteiger partial charge in [-0.3, -0.25) is 0 Å². The molecule has 0 aliphatic rings. The van der Waals surface area contributed by atoms with Crippen LogP contribution in [0.3, 0.4) is 0 Å². The Bertz CT molecular complexity index is 581. The van der Waals surface area contributed by atoms with Gasteiger partial charge in [-0.25, -0.2) is 14.2 Å². The SMILES string of the molecule is COc1ccc(-c2cccc(C(=O)O)c2F)cn1. The van der Waals surface area contributed by atoms with E-state index in [0.29, 0.717) is 11.4 Å². The van der Waals surface area contributed by atoms with Gasteiger partial charge in [0, 0.05) is 23.4 Å². The van der Waals surface area contributed by atoms with Crippen LogP contribution in [0.2, 0.25) is 0 Å². The highest BCUT2D eigenvalue weighted by molar-refractivity contribution is 5.89. The van der Waals surface area contributed by atoms with Crippen LogP contribution in [-0.4, -0.2) is 23.2 Å². The van der Waals surface area contributed by atoms with E-state index in [1.807, 2.05) is 0 Å². The maximum Gasteiger partial charge on any atom is 0.338 e. The van der Waals surface area contributed by atoms with Crippen LogP contribution in [-0.2, 0) is 0 Å². The largest absolute Gasteiger partial charge is 0.481 e. The molecule has 4 nitrogen and oxygen atoms in total. The molecule has 5 heteroatoms. The second-order valence-corrected chi connectivity index (χ2v) is 3.56. The lowest BCUT2D eigenvalue weighted by molar-refractivity contribution is 0.0692. The molecule has 1 aromatic heterocycles. The number of carboxylic acid groups (broad SMARTS) is 1. The number of hydrogen-bond donors (Lipinski definition) is 1. The number of methoxy groups -OCH3 is 1. The van der Waals surface area contributed by atoms with Crippen LogP contribution in [0, 0.1) is 5.82 Å². The van der Waals surface area contributed by atoms with Crippen molar-refractivity contribution in [3.63, 3.8) is 0 Å². The van der Waals surface area contributed by atoms with Gasteiger partial charge in [0.15, 0.2) is 0 Å². The molecule has 1 N–H and O–H groups in total. The van der Waals surface area contributed by atoms with Gasteiger partial charge in [-0.1, -0.05) is 12.1 Å². The molecule has 2 rings (SSSR count). The zero-order valence-corrected chi connectivity index (χ0v) is 9.55. The van der Waals surface area contributed by atoms with E-state index in [1.165, 1.54) is 31.5 Å². The Balaban J connectivity index is 2.50. The van der Waals surface area contributed by atoms with Crippen molar-refractivity contribution >= 4 is 5.97 Å². The van der Waals surface area contributed by atoms with Crippen LogP contribution in [0.25, 0.3) is 11.1 Å². The maximum absolute atomic E-state index is 14.0. The summed E-state index contributed by atoms with van der Waals surface area (Å²) in [7, 11) is 1.48. The normalized spacial score (nSPS) is 10.1. The first-order valence-corrected chi connectivity index (χ1v) is 5.15. The molecule has 1 heterocycles. The van der Waals surface area contributed by atoms with Crippen molar-refractivity contribution in [1.82, 2.24) is 4.98 Å². The smallest absolute Gasteiger partial charge is 0.338 e. The lowest BCUT2D eigenvalue weighted by atomic mass is 10.0. The zero-order valence-electron chi connectivity index (χ0n) is 9.55. The number of halogens is 1. The summed E-state index contributed by atoms with van der Waals surface area (Å²) in [5, 5.41) is 8.84. The first-order valence-electron chi connectivity index (χ1n) is 5.15. The highest BCUT2D eigenvalue weighted by Gasteiger charge is 2.14. The van der Waals surface area contributed by atoms with Crippen molar-refractivity contribution < 1.29 is 19.0 Å². The summed E-state index contributed by atoms with van der Waals surface area (Å²) >= 11 is 0. The summed E-state index contributed by atoms with van der Waals surface area (Å²) in [5.41, 5.74) is 0.338. The quantitative estimate of drug-likeness (QED) is 0.905. The fourth-order valence-corrected chi connectivity index (χ4v) is 1.58. The number of rotatable bonds is 3. The van der Waals surface area contributed by atoms with Crippen molar-refractivity contribution in [2.75, 3.05) is 7.11 Å². The Kier molecular flexibility index (Phi) is 3.23. The van der Waals surface area contributed by atoms with Crippen LogP contribution in [0.5, 0.6) is 5.88 Å². The first kappa shape index (κ1) is 12.0. The molecule has 0 saturated carbocycles. The molecular formula is C13H10FNO3. The Morgan fingerprint density at radius 3 is 2.67 bits per heavy atom. The van der Waals surface area contributed by atoms with Crippen molar-refractivity contribution in [2.45, 2.75) is 0 Å². The Labute approximate surface area is 103 Å². The summed E-state index contributed by atoms with van der Waals surface area (Å²) < 4.78 is 18.8. The lowest BCUT2D eigenvalue weighted by Gasteiger charge is -2.06. The monoisotopic (exact) mass is 247 g/mol. The summed E-state index contributed by atoms with van der Waals surface area (Å²) in [5.74, 6) is -1.65. The molecule has 0 amide bonds. The molecule has 0 spiro atoms. The number of carbonyl (C=O) groups is 1. The molecule has 0 atom stereocenters. The molecule has 0 aliphatic carbocycles. The van der Waals surface area contributed by atoms with Crippen LogP contribution in [0.4, 0.5) is 4.39 Å². The highest BCUT2D eigenvalue weighted by atomic mass is 19.1. The van der Waals surface area contributed by atoms with Crippen LogP contribution < -0.4 is 4.74 Å². The van der Waals surface area contributed by atoms with Crippen molar-refractivity contribution in [1.29, 1.82) is 0 Å². The number of hydrogen-bond acceptors (Lipinski definition) is 3. The van der Waals surface area contributed by atoms with Crippen LogP contribution in [0.1, 0.15) is 10.4 Å². The predicted octanol–water partition coefficient (Wildman–Crippen LogP) is 2.59. The second-order valence-electron chi connectivity index (χ2n) is 3.56. The van der Waals surface area contributed by atoms with E-state index in [1.54, 1.807) is 12.1 Å². The van der Waals surface area contributed by atoms with Crippen molar-refractivity contribution in [3.8, 4) is 17.0 Å². The van der Waals surface area contributed by atoms with E-state index < -0.39 is 11.8 Å². The van der Waals surface area contributed by atoms with E-state index in [4.69, 9.17) is 9.84 Å². The van der Waals surface area contributed by atoms with Gasteiger partial charge in [-0.05, 0) is 12.1 Å². The van der Waals surface area contributed by atoms with Crippen LogP contribution >= 0.6 is 0 Å². The molecule has 0 fully saturated rings. The Hall–Kier alpha value is -2.43. The van der Waals surface area contributed by atoms with Gasteiger partial charge < -0.3 is 9.84 Å². The third-order valence-corrected chi connectivity index (χ3v) is 2.49. The average molecular weight is 247 g/mol. The third-order valence-electron chi connectivity index (χ3n) is 2.49. The van der Waals surface area contributed by atoms with E-state index in [0.717, 1.165) is 0 Å². The Morgan fingerprint density at radius 1 is 1.33 bits per heavy atom. The number of aromatic nitrogens is 1. The highest BCUT2D eigenvalue weighted by Crippen LogP contribution is 2.25. The van der Waals surface area contributed by atoms with Gasteiger partial charge in [0.2, 0.25) is 5.88 Å². The number of benzene rings is 1. The number of nitrogens with zero attached hydrogens (tertiary/aromatic N) is 1. The van der Waals surface area contributed by atoms with Crippen molar-refractivity contribution in [2.24, 2.45) is 0 Å². The molecule has 0 radical (unpaired) electrons. The Morgan fingerprint density at radius 2 is 2.11 bits per heavy atom. The standard InChI is InChI=1S/C13H10FNO3/c1-18-11-6-5-8(7-15-11)9-3-2-4-10(12(9)14)13(16)17/h2-7H,1H3,(H,16,17). The minimum absolute atomic E-state index is 0.199. The number of ether oxygens (including phenoxy) is 1. The fraction of sp³-hybridized carbons (Fsp3) is 0.0769. The van der Waals surface area contributed by atoms with E-state index in [-0.39, 0.29) is 11.1 Å². The average Bonchev–Trinajstić information content (AvgIpc) is 2.39. The van der Waals surface area contributed by atoms with Gasteiger partial charge in [0.25, 0.3) is 0 Å².